The average molecular weight is 259 g/mol. The number of fused-ring (bicyclic) bond motifs is 1. The summed E-state index contributed by atoms with van der Waals surface area (Å²) in [5, 5.41) is 3.04. The molecule has 0 amide bonds. The zero-order chi connectivity index (χ0) is 13.8. The lowest BCUT2D eigenvalue weighted by molar-refractivity contribution is -0.121. The summed E-state index contributed by atoms with van der Waals surface area (Å²) in [5.74, 6) is 1.13. The molecule has 1 atom stereocenters. The van der Waals surface area contributed by atoms with E-state index >= 15 is 0 Å². The monoisotopic (exact) mass is 259 g/mol. The lowest BCUT2D eigenvalue weighted by Crippen LogP contribution is -2.25. The predicted octanol–water partition coefficient (Wildman–Crippen LogP) is 2.02. The third-order valence-corrected chi connectivity index (χ3v) is 3.44. The Labute approximate surface area is 113 Å². The Morgan fingerprint density at radius 2 is 2.16 bits per heavy atom. The number of aryl methyl sites for hydroxylation is 1. The molecule has 102 valence electrons. The van der Waals surface area contributed by atoms with Gasteiger partial charge in [0.05, 0.1) is 17.5 Å². The maximum absolute atomic E-state index is 12.2. The number of Topliss-reactive ketones (excluding diaryl/α,β-unsaturated/α-hetero) is 1. The fraction of sp³-hybridized carbons (Fsp3) is 0.467. The number of aromatic nitrogens is 2. The summed E-state index contributed by atoms with van der Waals surface area (Å²) in [6, 6.07) is 8.03. The van der Waals surface area contributed by atoms with Crippen molar-refractivity contribution in [3.8, 4) is 0 Å². The molecule has 1 unspecified atom stereocenters. The molecule has 1 N–H and O–H groups in total. The summed E-state index contributed by atoms with van der Waals surface area (Å²) in [7, 11) is 1.87. The van der Waals surface area contributed by atoms with Gasteiger partial charge in [-0.25, -0.2) is 4.98 Å². The Hall–Kier alpha value is -1.68. The van der Waals surface area contributed by atoms with E-state index in [9.17, 15) is 4.79 Å². The smallest absolute Gasteiger partial charge is 0.144 e. The van der Waals surface area contributed by atoms with Crippen molar-refractivity contribution in [1.82, 2.24) is 14.9 Å². The molecule has 1 aromatic carbocycles. The standard InChI is InChI=1S/C15H21N3O/c1-4-18-13-8-6-5-7-12(13)17-15(18)9-14(19)11(2)10-16-3/h5-8,11,16H,4,9-10H2,1-3H3. The van der Waals surface area contributed by atoms with E-state index in [0.717, 1.165) is 23.4 Å². The van der Waals surface area contributed by atoms with E-state index in [1.54, 1.807) is 0 Å². The molecular weight excluding hydrogens is 238 g/mol. The molecule has 2 rings (SSSR count). The van der Waals surface area contributed by atoms with Crippen molar-refractivity contribution in [2.75, 3.05) is 13.6 Å². The molecule has 4 heteroatoms. The van der Waals surface area contributed by atoms with Crippen LogP contribution in [0.25, 0.3) is 11.0 Å². The first-order valence-electron chi connectivity index (χ1n) is 6.78. The van der Waals surface area contributed by atoms with Gasteiger partial charge in [0, 0.05) is 19.0 Å². The molecule has 0 saturated heterocycles. The van der Waals surface area contributed by atoms with Crippen LogP contribution in [0.1, 0.15) is 19.7 Å². The fourth-order valence-electron chi connectivity index (χ4n) is 2.36. The van der Waals surface area contributed by atoms with Gasteiger partial charge in [-0.1, -0.05) is 19.1 Å². The third kappa shape index (κ3) is 2.84. The molecular formula is C15H21N3O. The predicted molar refractivity (Wildman–Crippen MR) is 77.2 cm³/mol. The van der Waals surface area contributed by atoms with Crippen LogP contribution in [-0.4, -0.2) is 28.9 Å². The number of ketones is 1. The Balaban J connectivity index is 2.27. The zero-order valence-corrected chi connectivity index (χ0v) is 11.8. The molecule has 1 aromatic heterocycles. The topological polar surface area (TPSA) is 46.9 Å². The van der Waals surface area contributed by atoms with Crippen LogP contribution in [-0.2, 0) is 17.8 Å². The number of rotatable bonds is 6. The quantitative estimate of drug-likeness (QED) is 0.863. The lowest BCUT2D eigenvalue weighted by Gasteiger charge is -2.10. The zero-order valence-electron chi connectivity index (χ0n) is 11.8. The first kappa shape index (κ1) is 13.7. The SMILES string of the molecule is CCn1c(CC(=O)C(C)CNC)nc2ccccc21. The summed E-state index contributed by atoms with van der Waals surface area (Å²) in [5.41, 5.74) is 2.07. The number of nitrogens with one attached hydrogen (secondary N) is 1. The molecule has 0 spiro atoms. The van der Waals surface area contributed by atoms with Gasteiger partial charge in [-0.15, -0.1) is 0 Å². The number of hydrogen-bond acceptors (Lipinski definition) is 3. The highest BCUT2D eigenvalue weighted by Crippen LogP contribution is 2.17. The summed E-state index contributed by atoms with van der Waals surface area (Å²) >= 11 is 0. The van der Waals surface area contributed by atoms with Crippen molar-refractivity contribution in [1.29, 1.82) is 0 Å². The molecule has 0 bridgehead atoms. The van der Waals surface area contributed by atoms with Gasteiger partial charge in [-0.3, -0.25) is 4.79 Å². The molecule has 1 heterocycles. The van der Waals surface area contributed by atoms with E-state index < -0.39 is 0 Å². The average Bonchev–Trinajstić information content (AvgIpc) is 2.75. The highest BCUT2D eigenvalue weighted by molar-refractivity contribution is 5.84. The molecule has 0 saturated carbocycles. The summed E-state index contributed by atoms with van der Waals surface area (Å²) in [6.45, 7) is 5.59. The van der Waals surface area contributed by atoms with E-state index in [0.29, 0.717) is 13.0 Å². The first-order valence-corrected chi connectivity index (χ1v) is 6.78. The molecule has 0 radical (unpaired) electrons. The van der Waals surface area contributed by atoms with Crippen molar-refractivity contribution >= 4 is 16.8 Å². The number of hydrogen-bond donors (Lipinski definition) is 1. The third-order valence-electron chi connectivity index (χ3n) is 3.44. The molecule has 19 heavy (non-hydrogen) atoms. The van der Waals surface area contributed by atoms with Crippen LogP contribution in [0.4, 0.5) is 0 Å². The number of benzene rings is 1. The van der Waals surface area contributed by atoms with E-state index in [1.807, 2.05) is 32.2 Å². The molecule has 2 aromatic rings. The Morgan fingerprint density at radius 3 is 2.84 bits per heavy atom. The van der Waals surface area contributed by atoms with Crippen molar-refractivity contribution in [2.24, 2.45) is 5.92 Å². The summed E-state index contributed by atoms with van der Waals surface area (Å²) < 4.78 is 2.12. The van der Waals surface area contributed by atoms with Crippen molar-refractivity contribution in [3.05, 3.63) is 30.1 Å². The minimum atomic E-state index is 0.0233. The number of nitrogens with zero attached hydrogens (tertiary/aromatic N) is 2. The number of para-hydroxylation sites is 2. The van der Waals surface area contributed by atoms with Crippen LogP contribution in [0.3, 0.4) is 0 Å². The van der Waals surface area contributed by atoms with Gasteiger partial charge >= 0.3 is 0 Å². The van der Waals surface area contributed by atoms with Crippen LogP contribution in [0.5, 0.6) is 0 Å². The van der Waals surface area contributed by atoms with Crippen LogP contribution < -0.4 is 5.32 Å². The minimum Gasteiger partial charge on any atom is -0.328 e. The Bertz CT molecular complexity index is 574. The second-order valence-electron chi connectivity index (χ2n) is 4.86. The largest absolute Gasteiger partial charge is 0.328 e. The molecule has 0 aliphatic rings. The number of carbonyl (C=O) groups is 1. The highest BCUT2D eigenvalue weighted by Gasteiger charge is 2.17. The molecule has 0 fully saturated rings. The maximum Gasteiger partial charge on any atom is 0.144 e. The van der Waals surface area contributed by atoms with Crippen molar-refractivity contribution in [2.45, 2.75) is 26.8 Å². The van der Waals surface area contributed by atoms with Gasteiger partial charge in [0.15, 0.2) is 0 Å². The maximum atomic E-state index is 12.2. The molecule has 0 aliphatic carbocycles. The fourth-order valence-corrected chi connectivity index (χ4v) is 2.36. The van der Waals surface area contributed by atoms with Crippen LogP contribution in [0.2, 0.25) is 0 Å². The van der Waals surface area contributed by atoms with Crippen LogP contribution in [0.15, 0.2) is 24.3 Å². The minimum absolute atomic E-state index is 0.0233. The van der Waals surface area contributed by atoms with E-state index in [-0.39, 0.29) is 11.7 Å². The lowest BCUT2D eigenvalue weighted by atomic mass is 10.0. The molecule has 0 aliphatic heterocycles. The van der Waals surface area contributed by atoms with Gasteiger partial charge in [0.2, 0.25) is 0 Å². The van der Waals surface area contributed by atoms with Crippen molar-refractivity contribution < 1.29 is 4.79 Å². The van der Waals surface area contributed by atoms with E-state index in [1.165, 1.54) is 0 Å². The second-order valence-corrected chi connectivity index (χ2v) is 4.86. The van der Waals surface area contributed by atoms with Gasteiger partial charge < -0.3 is 9.88 Å². The second kappa shape index (κ2) is 5.97. The van der Waals surface area contributed by atoms with Crippen molar-refractivity contribution in [3.63, 3.8) is 0 Å². The summed E-state index contributed by atoms with van der Waals surface area (Å²) in [6.07, 6.45) is 0.408. The molecule has 4 nitrogen and oxygen atoms in total. The Kier molecular flexibility index (Phi) is 4.32. The van der Waals surface area contributed by atoms with Gasteiger partial charge in [0.25, 0.3) is 0 Å². The van der Waals surface area contributed by atoms with E-state index in [2.05, 4.69) is 27.9 Å². The number of imidazole rings is 1. The van der Waals surface area contributed by atoms with E-state index in [4.69, 9.17) is 0 Å². The van der Waals surface area contributed by atoms with Gasteiger partial charge in [-0.2, -0.15) is 0 Å². The normalized spacial score (nSPS) is 12.8. The summed E-state index contributed by atoms with van der Waals surface area (Å²) in [4.78, 5) is 16.7. The first-order chi connectivity index (χ1) is 9.17. The van der Waals surface area contributed by atoms with Gasteiger partial charge in [-0.05, 0) is 26.1 Å². The highest BCUT2D eigenvalue weighted by atomic mass is 16.1. The van der Waals surface area contributed by atoms with Gasteiger partial charge in [0.1, 0.15) is 11.6 Å². The number of carbonyl (C=O) groups excluding carboxylic acids is 1. The van der Waals surface area contributed by atoms with Crippen LogP contribution >= 0.6 is 0 Å². The van der Waals surface area contributed by atoms with Crippen LogP contribution in [0, 0.1) is 5.92 Å². The Morgan fingerprint density at radius 1 is 1.42 bits per heavy atom.